The second-order valence-electron chi connectivity index (χ2n) is 25.5. The molecular weight excluding hydrogens is 1100 g/mol. The summed E-state index contributed by atoms with van der Waals surface area (Å²) in [5.74, 6) is -0.0295. The molecule has 32 unspecified atom stereocenters. The van der Waals surface area contributed by atoms with E-state index < -0.39 is 178 Å². The van der Waals surface area contributed by atoms with Crippen LogP contribution in [0.15, 0.2) is 22.8 Å². The Balaban J connectivity index is 0.858. The fourth-order valence-electron chi connectivity index (χ4n) is 14.9. The quantitative estimate of drug-likeness (QED) is 0.0509. The van der Waals surface area contributed by atoms with Crippen molar-refractivity contribution in [3.05, 3.63) is 22.8 Å². The van der Waals surface area contributed by atoms with Gasteiger partial charge in [-0.25, -0.2) is 0 Å². The zero-order valence-corrected chi connectivity index (χ0v) is 48.0. The van der Waals surface area contributed by atoms with E-state index in [1.807, 2.05) is 6.92 Å². The van der Waals surface area contributed by atoms with Gasteiger partial charge in [-0.2, -0.15) is 0 Å². The van der Waals surface area contributed by atoms with Gasteiger partial charge in [-0.1, -0.05) is 32.4 Å². The molecule has 474 valence electrons. The predicted octanol–water partition coefficient (Wildman–Crippen LogP) is -3.01. The van der Waals surface area contributed by atoms with Crippen molar-refractivity contribution in [1.29, 1.82) is 0 Å². The minimum Gasteiger partial charge on any atom is -0.394 e. The maximum absolute atomic E-state index is 14.1. The fraction of sp³-hybridized carbons (Fsp3) is 0.895. The first-order valence-corrected chi connectivity index (χ1v) is 29.5. The maximum Gasteiger partial charge on any atom is 0.187 e. The van der Waals surface area contributed by atoms with Crippen LogP contribution >= 0.6 is 0 Å². The van der Waals surface area contributed by atoms with Crippen molar-refractivity contribution in [1.82, 2.24) is 0 Å². The van der Waals surface area contributed by atoms with Crippen molar-refractivity contribution in [2.75, 3.05) is 19.8 Å². The predicted molar refractivity (Wildman–Crippen MR) is 280 cm³/mol. The van der Waals surface area contributed by atoms with Crippen LogP contribution < -0.4 is 0 Å². The lowest BCUT2D eigenvalue weighted by Gasteiger charge is -2.57. The van der Waals surface area contributed by atoms with E-state index in [-0.39, 0.29) is 53.7 Å². The van der Waals surface area contributed by atoms with Crippen LogP contribution in [0.3, 0.4) is 0 Å². The molecule has 83 heavy (non-hydrogen) atoms. The highest BCUT2D eigenvalue weighted by molar-refractivity contribution is 6.08. The highest BCUT2D eigenvalue weighted by Gasteiger charge is 2.61. The van der Waals surface area contributed by atoms with Gasteiger partial charge in [0.2, 0.25) is 0 Å². The molecule has 0 bridgehead atoms. The molecule has 4 aliphatic carbocycles. The third-order valence-corrected chi connectivity index (χ3v) is 20.1. The summed E-state index contributed by atoms with van der Waals surface area (Å²) in [6.45, 7) is 11.0. The molecule has 5 saturated heterocycles. The van der Waals surface area contributed by atoms with Gasteiger partial charge < -0.3 is 119 Å². The van der Waals surface area contributed by atoms with Gasteiger partial charge in [-0.05, 0) is 113 Å². The van der Waals surface area contributed by atoms with E-state index in [4.69, 9.17) is 47.4 Å². The summed E-state index contributed by atoms with van der Waals surface area (Å²) < 4.78 is 59.6. The molecule has 3 saturated carbocycles. The van der Waals surface area contributed by atoms with Crippen molar-refractivity contribution in [3.63, 3.8) is 0 Å². The van der Waals surface area contributed by atoms with E-state index in [9.17, 15) is 81.1 Å². The minimum absolute atomic E-state index is 0.0115. The van der Waals surface area contributed by atoms with E-state index in [0.717, 1.165) is 12.0 Å². The largest absolute Gasteiger partial charge is 0.394 e. The van der Waals surface area contributed by atoms with Crippen LogP contribution in [0.4, 0.5) is 0 Å². The Hall–Kier alpha value is -2.14. The number of aliphatic hydroxyl groups excluding tert-OH is 14. The number of ether oxygens (including phenoxy) is 10. The van der Waals surface area contributed by atoms with Crippen LogP contribution in [0.25, 0.3) is 0 Å². The zero-order chi connectivity index (χ0) is 60.5. The number of Topliss-reactive ketones (excluding diaryl/α,β-unsaturated/α-hetero) is 2. The lowest BCUT2D eigenvalue weighted by Crippen LogP contribution is -2.67. The molecule has 14 N–H and O–H groups in total. The molecular formula is C57H90O26. The first kappa shape index (κ1) is 65.3. The summed E-state index contributed by atoms with van der Waals surface area (Å²) in [6, 6.07) is 0. The average Bonchev–Trinajstić information content (AvgIpc) is 2.72. The van der Waals surface area contributed by atoms with Crippen molar-refractivity contribution < 1.29 is 128 Å². The molecule has 5 aliphatic heterocycles. The van der Waals surface area contributed by atoms with Crippen LogP contribution in [-0.4, -0.2) is 263 Å². The molecule has 26 heteroatoms. The molecule has 9 aliphatic rings. The summed E-state index contributed by atoms with van der Waals surface area (Å²) in [5.41, 5.74) is 1.38. The molecule has 5 heterocycles. The van der Waals surface area contributed by atoms with Crippen molar-refractivity contribution in [2.24, 2.45) is 34.5 Å². The summed E-state index contributed by atoms with van der Waals surface area (Å²) in [7, 11) is 0. The Bertz CT molecular complexity index is 2310. The van der Waals surface area contributed by atoms with Gasteiger partial charge in [0.15, 0.2) is 43.0 Å². The molecule has 0 aromatic carbocycles. The SMILES string of the molecule is CC(C(=O)CCC(C)COC1OC(CO)C(O)C(O)C1O)=C1C(=O)CC2C3CC=C4CC(OC5OC(CO)C(OC6OC(C)C(OC7OC(C)C(O)C(O)C7O)C(O)C6O)C(O)C5OC5OC(C)C(O)C(O)C5O)CCC4(C)C3CCC12C. The highest BCUT2D eigenvalue weighted by atomic mass is 16.8. The minimum atomic E-state index is -1.90. The Kier molecular flexibility index (Phi) is 20.6. The molecule has 0 aromatic heterocycles. The monoisotopic (exact) mass is 1190 g/mol. The summed E-state index contributed by atoms with van der Waals surface area (Å²) in [4.78, 5) is 28.0. The number of aliphatic hydroxyl groups is 14. The smallest absolute Gasteiger partial charge is 0.187 e. The molecule has 8 fully saturated rings. The van der Waals surface area contributed by atoms with Crippen LogP contribution in [0, 0.1) is 34.5 Å². The first-order chi connectivity index (χ1) is 39.1. The van der Waals surface area contributed by atoms with Crippen LogP contribution in [-0.2, 0) is 57.0 Å². The summed E-state index contributed by atoms with van der Waals surface area (Å²) in [5, 5.41) is 149. The van der Waals surface area contributed by atoms with Gasteiger partial charge in [0.1, 0.15) is 104 Å². The molecule has 32 atom stereocenters. The number of hydrogen-bond acceptors (Lipinski definition) is 26. The first-order valence-electron chi connectivity index (χ1n) is 29.5. The number of hydrogen-bond donors (Lipinski definition) is 14. The number of rotatable bonds is 17. The van der Waals surface area contributed by atoms with Gasteiger partial charge in [-0.15, -0.1) is 0 Å². The normalized spacial score (nSPS) is 51.3. The number of carbonyl (C=O) groups is 2. The lowest BCUT2D eigenvalue weighted by atomic mass is 9.47. The molecule has 0 spiro atoms. The Labute approximate surface area is 481 Å². The van der Waals surface area contributed by atoms with E-state index in [1.165, 1.54) is 20.8 Å². The third kappa shape index (κ3) is 12.5. The summed E-state index contributed by atoms with van der Waals surface area (Å²) >= 11 is 0. The van der Waals surface area contributed by atoms with Crippen LogP contribution in [0.1, 0.15) is 106 Å². The maximum atomic E-state index is 14.1. The molecule has 26 nitrogen and oxygen atoms in total. The van der Waals surface area contributed by atoms with E-state index >= 15 is 0 Å². The van der Waals surface area contributed by atoms with Crippen molar-refractivity contribution in [2.45, 2.75) is 266 Å². The van der Waals surface area contributed by atoms with Gasteiger partial charge in [0.25, 0.3) is 0 Å². The number of fused-ring (bicyclic) bond motifs is 5. The molecule has 0 aromatic rings. The lowest BCUT2D eigenvalue weighted by molar-refractivity contribution is -0.394. The van der Waals surface area contributed by atoms with Gasteiger partial charge >= 0.3 is 0 Å². The number of carbonyl (C=O) groups excluding carboxylic acids is 2. The fourth-order valence-corrected chi connectivity index (χ4v) is 14.9. The highest BCUT2D eigenvalue weighted by Crippen LogP contribution is 2.66. The standard InChI is InChI=1S/C57H90O26/c1-21(20-74-51-43(69)41(67)38(64)33(18-58)79-51)8-11-31(60)22(2)35-32(61)17-30-28-10-9-26-16-27(12-14-56(26,6)29(28)13-15-57(30,35)7)78-55-50(83-53-45(71)40(66)37(63)24(4)76-53)47(73)49(34(19-59)80-55)82-54-46(72)42(68)48(25(5)77-54)81-52-44(70)39(65)36(62)23(3)75-52/h9,21,23-25,27-30,33-34,36-55,58-59,62-73H,8,10-20H2,1-7H3. The van der Waals surface area contributed by atoms with E-state index in [1.54, 1.807) is 6.92 Å². The second kappa shape index (κ2) is 26.1. The van der Waals surface area contributed by atoms with Gasteiger partial charge in [-0.3, -0.25) is 9.59 Å². The Morgan fingerprint density at radius 3 is 1.72 bits per heavy atom. The topological polar surface area (TPSA) is 410 Å². The van der Waals surface area contributed by atoms with Gasteiger partial charge in [0.05, 0.1) is 44.2 Å². The third-order valence-electron chi connectivity index (χ3n) is 20.1. The van der Waals surface area contributed by atoms with E-state index in [2.05, 4.69) is 19.9 Å². The summed E-state index contributed by atoms with van der Waals surface area (Å²) in [6.07, 6.45) is -31.6. The van der Waals surface area contributed by atoms with Gasteiger partial charge in [0, 0.05) is 18.4 Å². The molecule has 0 radical (unpaired) electrons. The van der Waals surface area contributed by atoms with E-state index in [0.29, 0.717) is 56.1 Å². The number of ketones is 2. The average molecular weight is 1190 g/mol. The van der Waals surface area contributed by atoms with Crippen molar-refractivity contribution >= 4 is 11.6 Å². The molecule has 0 amide bonds. The second-order valence-corrected chi connectivity index (χ2v) is 25.5. The molecule has 9 rings (SSSR count). The van der Waals surface area contributed by atoms with Crippen LogP contribution in [0.5, 0.6) is 0 Å². The zero-order valence-electron chi connectivity index (χ0n) is 48.0. The Morgan fingerprint density at radius 2 is 1.11 bits per heavy atom. The van der Waals surface area contributed by atoms with Crippen LogP contribution in [0.2, 0.25) is 0 Å². The Morgan fingerprint density at radius 1 is 0.578 bits per heavy atom. The number of allylic oxidation sites excluding steroid dienone is 3. The van der Waals surface area contributed by atoms with Crippen molar-refractivity contribution in [3.8, 4) is 0 Å².